The van der Waals surface area contributed by atoms with Crippen LogP contribution in [0.4, 0.5) is 0 Å². The fourth-order valence-electron chi connectivity index (χ4n) is 4.43. The third-order valence-corrected chi connectivity index (χ3v) is 6.02. The van der Waals surface area contributed by atoms with E-state index in [-0.39, 0.29) is 5.91 Å². The summed E-state index contributed by atoms with van der Waals surface area (Å²) in [5.74, 6) is 0.496. The minimum atomic E-state index is -0.0587. The summed E-state index contributed by atoms with van der Waals surface area (Å²) in [4.78, 5) is 15.4. The predicted molar refractivity (Wildman–Crippen MR) is 103 cm³/mol. The molecule has 2 N–H and O–H groups in total. The second kappa shape index (κ2) is 7.80. The SMILES string of the molecule is O=C(NC[C@@H]1CCCN2CCCC[C@@H]12)c1cn[nH]c1-c1ccc(Cl)cc1. The first-order valence-electron chi connectivity index (χ1n) is 9.54. The number of nitrogens with one attached hydrogen (secondary N) is 2. The van der Waals surface area contributed by atoms with Crippen molar-refractivity contribution in [2.75, 3.05) is 19.6 Å². The van der Waals surface area contributed by atoms with Crippen molar-refractivity contribution in [2.24, 2.45) is 5.92 Å². The first-order chi connectivity index (χ1) is 12.7. The molecule has 4 rings (SSSR count). The molecular weight excluding hydrogens is 348 g/mol. The lowest BCUT2D eigenvalue weighted by atomic mass is 9.83. The Bertz CT molecular complexity index is 755. The smallest absolute Gasteiger partial charge is 0.255 e. The molecule has 0 bridgehead atoms. The number of rotatable bonds is 4. The first-order valence-corrected chi connectivity index (χ1v) is 9.92. The third-order valence-electron chi connectivity index (χ3n) is 5.77. The first kappa shape index (κ1) is 17.6. The summed E-state index contributed by atoms with van der Waals surface area (Å²) < 4.78 is 0. The number of benzene rings is 1. The summed E-state index contributed by atoms with van der Waals surface area (Å²) in [6.07, 6.45) is 7.94. The Labute approximate surface area is 159 Å². The lowest BCUT2D eigenvalue weighted by molar-refractivity contribution is 0.0576. The van der Waals surface area contributed by atoms with Crippen LogP contribution in [0.25, 0.3) is 11.3 Å². The number of nitrogens with zero attached hydrogens (tertiary/aromatic N) is 2. The highest BCUT2D eigenvalue weighted by Crippen LogP contribution is 2.30. The monoisotopic (exact) mass is 372 g/mol. The van der Waals surface area contributed by atoms with E-state index in [9.17, 15) is 4.79 Å². The van der Waals surface area contributed by atoms with E-state index in [1.165, 1.54) is 45.2 Å². The Morgan fingerprint density at radius 3 is 2.85 bits per heavy atom. The molecule has 0 saturated carbocycles. The van der Waals surface area contributed by atoms with Crippen molar-refractivity contribution in [3.8, 4) is 11.3 Å². The lowest BCUT2D eigenvalue weighted by Crippen LogP contribution is -2.51. The number of hydrogen-bond donors (Lipinski definition) is 2. The van der Waals surface area contributed by atoms with E-state index < -0.39 is 0 Å². The van der Waals surface area contributed by atoms with Gasteiger partial charge >= 0.3 is 0 Å². The summed E-state index contributed by atoms with van der Waals surface area (Å²) in [5, 5.41) is 10.9. The topological polar surface area (TPSA) is 61.0 Å². The summed E-state index contributed by atoms with van der Waals surface area (Å²) in [6.45, 7) is 3.18. The molecule has 6 heteroatoms. The predicted octanol–water partition coefficient (Wildman–Crippen LogP) is 3.72. The number of amides is 1. The number of fused-ring (bicyclic) bond motifs is 1. The number of carbonyl (C=O) groups is 1. The van der Waals surface area contributed by atoms with Crippen LogP contribution in [0, 0.1) is 5.92 Å². The van der Waals surface area contributed by atoms with Crippen molar-refractivity contribution in [2.45, 2.75) is 38.1 Å². The number of carbonyl (C=O) groups excluding carboxylic acids is 1. The average Bonchev–Trinajstić information content (AvgIpc) is 3.16. The Hall–Kier alpha value is -1.85. The lowest BCUT2D eigenvalue weighted by Gasteiger charge is -2.44. The van der Waals surface area contributed by atoms with Crippen molar-refractivity contribution < 1.29 is 4.79 Å². The van der Waals surface area contributed by atoms with Gasteiger partial charge in [0.25, 0.3) is 5.91 Å². The Kier molecular flexibility index (Phi) is 5.27. The zero-order valence-corrected chi connectivity index (χ0v) is 15.6. The summed E-state index contributed by atoms with van der Waals surface area (Å²) in [7, 11) is 0. The van der Waals surface area contributed by atoms with Crippen molar-refractivity contribution in [1.29, 1.82) is 0 Å². The molecule has 2 aromatic rings. The molecule has 0 unspecified atom stereocenters. The van der Waals surface area contributed by atoms with E-state index >= 15 is 0 Å². The molecular formula is C20H25ClN4O. The molecule has 138 valence electrons. The molecule has 1 amide bonds. The van der Waals surface area contributed by atoms with E-state index in [1.54, 1.807) is 6.20 Å². The maximum atomic E-state index is 12.8. The molecule has 2 saturated heterocycles. The van der Waals surface area contributed by atoms with E-state index in [4.69, 9.17) is 11.6 Å². The van der Waals surface area contributed by atoms with Crippen LogP contribution in [0.5, 0.6) is 0 Å². The molecule has 0 radical (unpaired) electrons. The van der Waals surface area contributed by atoms with Crippen molar-refractivity contribution in [3.05, 3.63) is 41.0 Å². The van der Waals surface area contributed by atoms with Crippen LogP contribution in [-0.4, -0.2) is 46.7 Å². The van der Waals surface area contributed by atoms with Gasteiger partial charge in [-0.2, -0.15) is 5.10 Å². The van der Waals surface area contributed by atoms with Gasteiger partial charge in [0, 0.05) is 23.2 Å². The zero-order chi connectivity index (χ0) is 17.9. The maximum absolute atomic E-state index is 12.8. The minimum Gasteiger partial charge on any atom is -0.352 e. The summed E-state index contributed by atoms with van der Waals surface area (Å²) in [6, 6.07) is 8.07. The van der Waals surface area contributed by atoms with E-state index in [0.29, 0.717) is 22.5 Å². The van der Waals surface area contributed by atoms with Gasteiger partial charge in [-0.05, 0) is 56.8 Å². The van der Waals surface area contributed by atoms with E-state index in [0.717, 1.165) is 17.8 Å². The standard InChI is InChI=1S/C20H25ClN4O/c21-16-8-6-14(7-9-16)19-17(13-23-24-19)20(26)22-12-15-4-3-11-25-10-2-1-5-18(15)25/h6-9,13,15,18H,1-5,10-12H2,(H,22,26)(H,23,24)/t15-,18-/m0/s1. The van der Waals surface area contributed by atoms with Crippen LogP contribution in [0.1, 0.15) is 42.5 Å². The van der Waals surface area contributed by atoms with Gasteiger partial charge in [0.15, 0.2) is 0 Å². The Morgan fingerprint density at radius 1 is 1.19 bits per heavy atom. The average molecular weight is 373 g/mol. The van der Waals surface area contributed by atoms with Crippen LogP contribution < -0.4 is 5.32 Å². The molecule has 1 aromatic carbocycles. The van der Waals surface area contributed by atoms with Gasteiger partial charge < -0.3 is 10.2 Å². The van der Waals surface area contributed by atoms with Crippen molar-refractivity contribution in [3.63, 3.8) is 0 Å². The third kappa shape index (κ3) is 3.64. The van der Waals surface area contributed by atoms with E-state index in [1.807, 2.05) is 24.3 Å². The molecule has 2 fully saturated rings. The van der Waals surface area contributed by atoms with E-state index in [2.05, 4.69) is 20.4 Å². The summed E-state index contributed by atoms with van der Waals surface area (Å²) >= 11 is 5.96. The molecule has 2 atom stereocenters. The van der Waals surface area contributed by atoms with Gasteiger partial charge in [0.05, 0.1) is 17.5 Å². The maximum Gasteiger partial charge on any atom is 0.255 e. The fourth-order valence-corrected chi connectivity index (χ4v) is 4.56. The van der Waals surface area contributed by atoms with Gasteiger partial charge in [0.2, 0.25) is 0 Å². The molecule has 3 heterocycles. The number of aromatic nitrogens is 2. The van der Waals surface area contributed by atoms with Gasteiger partial charge in [-0.15, -0.1) is 0 Å². The highest BCUT2D eigenvalue weighted by atomic mass is 35.5. The number of piperidine rings is 2. The van der Waals surface area contributed by atoms with Gasteiger partial charge in [-0.1, -0.05) is 30.2 Å². The molecule has 0 spiro atoms. The molecule has 1 aromatic heterocycles. The van der Waals surface area contributed by atoms with Crippen molar-refractivity contribution >= 4 is 17.5 Å². The Morgan fingerprint density at radius 2 is 2.00 bits per heavy atom. The molecule has 0 aliphatic carbocycles. The molecule has 2 aliphatic heterocycles. The van der Waals surface area contributed by atoms with Crippen LogP contribution >= 0.6 is 11.6 Å². The molecule has 26 heavy (non-hydrogen) atoms. The number of halogens is 1. The molecule has 2 aliphatic rings. The van der Waals surface area contributed by atoms with Crippen LogP contribution in [0.15, 0.2) is 30.5 Å². The Balaban J connectivity index is 1.43. The van der Waals surface area contributed by atoms with Crippen LogP contribution in [0.2, 0.25) is 5.02 Å². The van der Waals surface area contributed by atoms with Crippen molar-refractivity contribution in [1.82, 2.24) is 20.4 Å². The number of hydrogen-bond acceptors (Lipinski definition) is 3. The van der Waals surface area contributed by atoms with Crippen LogP contribution in [-0.2, 0) is 0 Å². The number of aromatic amines is 1. The highest BCUT2D eigenvalue weighted by Gasteiger charge is 2.33. The van der Waals surface area contributed by atoms with Gasteiger partial charge in [-0.25, -0.2) is 0 Å². The van der Waals surface area contributed by atoms with Crippen LogP contribution in [0.3, 0.4) is 0 Å². The normalized spacial score (nSPS) is 23.4. The minimum absolute atomic E-state index is 0.0587. The summed E-state index contributed by atoms with van der Waals surface area (Å²) in [5.41, 5.74) is 2.24. The zero-order valence-electron chi connectivity index (χ0n) is 14.9. The second-order valence-corrected chi connectivity index (χ2v) is 7.81. The molecule has 5 nitrogen and oxygen atoms in total. The fraction of sp³-hybridized carbons (Fsp3) is 0.500. The van der Waals surface area contributed by atoms with Gasteiger partial charge in [-0.3, -0.25) is 9.89 Å². The highest BCUT2D eigenvalue weighted by molar-refractivity contribution is 6.30. The second-order valence-electron chi connectivity index (χ2n) is 7.38. The quantitative estimate of drug-likeness (QED) is 0.859. The number of H-pyrrole nitrogens is 1. The van der Waals surface area contributed by atoms with Gasteiger partial charge in [0.1, 0.15) is 0 Å². The largest absolute Gasteiger partial charge is 0.352 e.